The van der Waals surface area contributed by atoms with E-state index in [1.54, 1.807) is 40.9 Å². The molecule has 0 saturated carbocycles. The van der Waals surface area contributed by atoms with Crippen LogP contribution in [-0.2, 0) is 47.5 Å². The topological polar surface area (TPSA) is 192 Å². The fraction of sp³-hybridized carbons (Fsp3) is 0.857. The lowest BCUT2D eigenvalue weighted by molar-refractivity contribution is -0.323. The second kappa shape index (κ2) is 24.0. The molecule has 3 rings (SSSR count). The van der Waals surface area contributed by atoms with Gasteiger partial charge >= 0.3 is 18.3 Å². The number of nitrogens with zero attached hydrogens (tertiary/aromatic N) is 1. The lowest BCUT2D eigenvalue weighted by atomic mass is 9.79. The molecule has 0 spiro atoms. The Morgan fingerprint density at radius 1 is 0.841 bits per heavy atom. The molecule has 2 saturated heterocycles. The van der Waals surface area contributed by atoms with Crippen LogP contribution in [0.3, 0.4) is 0 Å². The van der Waals surface area contributed by atoms with E-state index in [0.717, 1.165) is 0 Å². The zero-order chi connectivity index (χ0) is 47.7. The zero-order valence-corrected chi connectivity index (χ0v) is 37.5. The van der Waals surface area contributed by atoms with Gasteiger partial charge in [-0.25, -0.2) is 0 Å². The van der Waals surface area contributed by atoms with Crippen molar-refractivity contribution >= 4 is 11.8 Å². The van der Waals surface area contributed by atoms with Gasteiger partial charge in [-0.3, -0.25) is 9.59 Å². The molecule has 17 atom stereocenters. The first kappa shape index (κ1) is 55.1. The average molecular weight is 924 g/mol. The van der Waals surface area contributed by atoms with Gasteiger partial charge in [-0.2, -0.15) is 26.3 Å². The maximum absolute atomic E-state index is 13.7. The highest BCUT2D eigenvalue weighted by Crippen LogP contribution is 2.38. The predicted octanol–water partition coefficient (Wildman–Crippen LogP) is 3.87. The number of aliphatic hydroxyl groups excluding tert-OH is 4. The van der Waals surface area contributed by atoms with E-state index in [1.165, 1.54) is 52.0 Å². The molecular weight excluding hydrogens is 856 g/mol. The summed E-state index contributed by atoms with van der Waals surface area (Å²) < 4.78 is 127. The number of carbonyl (C=O) groups excluding carboxylic acids is 2. The van der Waals surface area contributed by atoms with Crippen LogP contribution in [0.2, 0.25) is 0 Å². The Kier molecular flexibility index (Phi) is 20.9. The summed E-state index contributed by atoms with van der Waals surface area (Å²) >= 11 is 0. The van der Waals surface area contributed by atoms with Gasteiger partial charge in [-0.15, -0.1) is 0 Å². The Balaban J connectivity index is 2.06. The molecule has 63 heavy (non-hydrogen) atoms. The summed E-state index contributed by atoms with van der Waals surface area (Å²) in [4.78, 5) is 28.9. The fourth-order valence-corrected chi connectivity index (χ4v) is 8.40. The molecule has 0 amide bonds. The molecule has 3 aliphatic heterocycles. The number of halogens is 6. The number of rotatable bonds is 13. The van der Waals surface area contributed by atoms with Crippen molar-refractivity contribution in [2.24, 2.45) is 23.7 Å². The van der Waals surface area contributed by atoms with E-state index in [0.29, 0.717) is 5.57 Å². The van der Waals surface area contributed by atoms with Crippen molar-refractivity contribution in [2.75, 3.05) is 41.5 Å². The standard InChI is InChI=1S/C42H67F6NO14/c1-11-29-26(19-59-39-37(57-10)36(56-9)33(54)24(6)61-39)16-20(2)12-13-27(50)21(3)17-25(14-15-58-40(41(43,44)45)42(46,47)48)35(22(4)28(51)18-30(52)62-29)63-38-34(55)31(49(7)8)32(53)23(5)60-38/h12-13,16,21-26,28-29,31-40,51,53-55H,11,14-15,17-19H2,1-10H3/b13-12+,20-16+/t21-,22+,23-,24-,25+,26-,28-,29-,31+,32-,33-,34-,35-,36-,37-,38+,39-/m1/s1. The number of allylic oxidation sites excluding steroid dienone is 3. The summed E-state index contributed by atoms with van der Waals surface area (Å²) in [7, 11) is 5.97. The minimum absolute atomic E-state index is 0.113. The highest BCUT2D eigenvalue weighted by atomic mass is 19.4. The first-order valence-electron chi connectivity index (χ1n) is 21.1. The van der Waals surface area contributed by atoms with Gasteiger partial charge < -0.3 is 63.2 Å². The summed E-state index contributed by atoms with van der Waals surface area (Å²) in [5, 5.41) is 44.5. The van der Waals surface area contributed by atoms with Crippen LogP contribution in [0.1, 0.15) is 67.2 Å². The Morgan fingerprint density at radius 2 is 1.43 bits per heavy atom. The third-order valence-electron chi connectivity index (χ3n) is 12.1. The summed E-state index contributed by atoms with van der Waals surface area (Å²) in [6, 6.07) is -0.965. The highest BCUT2D eigenvalue weighted by Gasteiger charge is 2.58. The number of hydrogen-bond acceptors (Lipinski definition) is 15. The monoisotopic (exact) mass is 923 g/mol. The van der Waals surface area contributed by atoms with Crippen LogP contribution in [0.5, 0.6) is 0 Å². The molecule has 366 valence electrons. The molecule has 3 aliphatic rings. The fourth-order valence-electron chi connectivity index (χ4n) is 8.40. The molecule has 3 heterocycles. The van der Waals surface area contributed by atoms with Crippen molar-refractivity contribution in [3.63, 3.8) is 0 Å². The minimum Gasteiger partial charge on any atom is -0.462 e. The SMILES string of the molecule is CC[C@H]1OC(=O)C[C@@H](O)[C@H](C)[C@@H](O[C@@H]2O[C@H](C)[C@@H](O)[C@H](N(C)C)[C@H]2O)[C@@H](CCOC(C(F)(F)F)C(F)(F)F)C[C@@H](C)C(=O)/C=C/C(C)=C/[C@@H]1CO[C@@H]1O[C@H](C)[C@@H](O)[C@@H](OC)[C@H]1OC. The van der Waals surface area contributed by atoms with Crippen LogP contribution < -0.4 is 0 Å². The first-order valence-corrected chi connectivity index (χ1v) is 21.1. The molecule has 0 aliphatic carbocycles. The van der Waals surface area contributed by atoms with E-state index < -0.39 is 153 Å². The molecule has 21 heteroatoms. The van der Waals surface area contributed by atoms with Gasteiger partial charge in [0, 0.05) is 38.6 Å². The summed E-state index contributed by atoms with van der Waals surface area (Å²) in [6.45, 7) is 8.26. The number of ketones is 1. The van der Waals surface area contributed by atoms with Crippen molar-refractivity contribution in [2.45, 2.75) is 165 Å². The largest absolute Gasteiger partial charge is 0.462 e. The van der Waals surface area contributed by atoms with Gasteiger partial charge in [0.1, 0.15) is 30.5 Å². The summed E-state index contributed by atoms with van der Waals surface area (Å²) in [5.74, 6) is -5.29. The van der Waals surface area contributed by atoms with E-state index in [1.807, 2.05) is 0 Å². The number of likely N-dealkylation sites (N-methyl/N-ethyl adjacent to an activating group) is 1. The molecular formula is C42H67F6NO14. The second-order valence-corrected chi connectivity index (χ2v) is 17.1. The van der Waals surface area contributed by atoms with Crippen LogP contribution in [0.25, 0.3) is 0 Å². The third kappa shape index (κ3) is 14.9. The van der Waals surface area contributed by atoms with Crippen LogP contribution in [0.15, 0.2) is 23.8 Å². The van der Waals surface area contributed by atoms with E-state index in [9.17, 15) is 56.4 Å². The molecule has 15 nitrogen and oxygen atoms in total. The Morgan fingerprint density at radius 3 is 1.98 bits per heavy atom. The van der Waals surface area contributed by atoms with Gasteiger partial charge in [0.05, 0.1) is 49.6 Å². The number of alkyl halides is 6. The maximum Gasteiger partial charge on any atom is 0.423 e. The van der Waals surface area contributed by atoms with Crippen LogP contribution >= 0.6 is 0 Å². The minimum atomic E-state index is -5.80. The van der Waals surface area contributed by atoms with Crippen LogP contribution in [0.4, 0.5) is 26.3 Å². The van der Waals surface area contributed by atoms with E-state index >= 15 is 0 Å². The van der Waals surface area contributed by atoms with Crippen molar-refractivity contribution < 1.29 is 94.3 Å². The number of aliphatic hydroxyl groups is 4. The number of methoxy groups -OCH3 is 2. The van der Waals surface area contributed by atoms with Crippen molar-refractivity contribution in [3.8, 4) is 0 Å². The Labute approximate surface area is 364 Å². The molecule has 0 aromatic heterocycles. The van der Waals surface area contributed by atoms with E-state index in [-0.39, 0.29) is 19.4 Å². The molecule has 0 bridgehead atoms. The van der Waals surface area contributed by atoms with Crippen LogP contribution in [0, 0.1) is 23.7 Å². The third-order valence-corrected chi connectivity index (χ3v) is 12.1. The number of hydrogen-bond donors (Lipinski definition) is 4. The van der Waals surface area contributed by atoms with Gasteiger partial charge in [-0.1, -0.05) is 38.5 Å². The molecule has 0 unspecified atom stereocenters. The lowest BCUT2D eigenvalue weighted by Gasteiger charge is -2.46. The van der Waals surface area contributed by atoms with E-state index in [2.05, 4.69) is 4.74 Å². The molecule has 4 N–H and O–H groups in total. The number of esters is 1. The van der Waals surface area contributed by atoms with Gasteiger partial charge in [0.2, 0.25) is 6.10 Å². The van der Waals surface area contributed by atoms with E-state index in [4.69, 9.17) is 33.2 Å². The zero-order valence-electron chi connectivity index (χ0n) is 37.5. The maximum atomic E-state index is 13.7. The Bertz CT molecular complexity index is 1490. The first-order chi connectivity index (χ1) is 29.3. The van der Waals surface area contributed by atoms with Crippen molar-refractivity contribution in [1.82, 2.24) is 4.90 Å². The molecule has 0 aromatic rings. The predicted molar refractivity (Wildman–Crippen MR) is 212 cm³/mol. The quantitative estimate of drug-likeness (QED) is 0.154. The van der Waals surface area contributed by atoms with Gasteiger partial charge in [0.15, 0.2) is 18.4 Å². The van der Waals surface area contributed by atoms with Gasteiger partial charge in [-0.05, 0) is 66.1 Å². The summed E-state index contributed by atoms with van der Waals surface area (Å²) in [5.41, 5.74) is 0.525. The number of ether oxygens (including phenoxy) is 8. The highest BCUT2D eigenvalue weighted by molar-refractivity contribution is 5.91. The molecule has 0 aromatic carbocycles. The normalized spacial score (nSPS) is 39.8. The molecule has 2 fully saturated rings. The average Bonchev–Trinajstić information content (AvgIpc) is 3.18. The number of cyclic esters (lactones) is 1. The second-order valence-electron chi connectivity index (χ2n) is 17.1. The Hall–Kier alpha value is -2.28. The van der Waals surface area contributed by atoms with Crippen molar-refractivity contribution in [3.05, 3.63) is 23.8 Å². The summed E-state index contributed by atoms with van der Waals surface area (Å²) in [6.07, 6.45) is -26.1. The number of carbonyl (C=O) groups is 2. The van der Waals surface area contributed by atoms with Crippen LogP contribution in [-0.4, -0.2) is 177 Å². The van der Waals surface area contributed by atoms with Gasteiger partial charge in [0.25, 0.3) is 0 Å². The smallest absolute Gasteiger partial charge is 0.423 e. The lowest BCUT2D eigenvalue weighted by Crippen LogP contribution is -2.63. The molecule has 0 radical (unpaired) electrons. The van der Waals surface area contributed by atoms with Crippen molar-refractivity contribution in [1.29, 1.82) is 0 Å².